The molecule has 0 aliphatic rings. The van der Waals surface area contributed by atoms with Gasteiger partial charge in [-0.1, -0.05) is 30.3 Å². The van der Waals surface area contributed by atoms with E-state index >= 15 is 0 Å². The Morgan fingerprint density at radius 2 is 1.75 bits per heavy atom. The first-order valence-corrected chi connectivity index (χ1v) is 10.2. The van der Waals surface area contributed by atoms with Crippen molar-refractivity contribution in [1.82, 2.24) is 10.3 Å². The first-order valence-electron chi connectivity index (χ1n) is 9.75. The molecule has 7 nitrogen and oxygen atoms in total. The van der Waals surface area contributed by atoms with Gasteiger partial charge in [-0.2, -0.15) is 0 Å². The molecule has 0 atom stereocenters. The van der Waals surface area contributed by atoms with E-state index in [1.807, 2.05) is 48.5 Å². The van der Waals surface area contributed by atoms with E-state index in [2.05, 4.69) is 15.6 Å². The summed E-state index contributed by atoms with van der Waals surface area (Å²) in [4.78, 5) is 17.1. The van der Waals surface area contributed by atoms with E-state index in [-0.39, 0.29) is 10.9 Å². The zero-order valence-corrected chi connectivity index (χ0v) is 17.7. The Hall–Kier alpha value is -4.17. The molecule has 2 N–H and O–H groups in total. The number of nitrogens with one attached hydrogen (secondary N) is 2. The number of anilines is 1. The molecule has 32 heavy (non-hydrogen) atoms. The van der Waals surface area contributed by atoms with Gasteiger partial charge in [0.1, 0.15) is 16.8 Å². The number of carbonyl (C=O) groups excluding carboxylic acids is 1. The topological polar surface area (TPSA) is 89.5 Å². The third-order valence-electron chi connectivity index (χ3n) is 4.86. The van der Waals surface area contributed by atoms with Gasteiger partial charge in [0.2, 0.25) is 5.89 Å². The maximum absolute atomic E-state index is 12.6. The van der Waals surface area contributed by atoms with E-state index in [1.54, 1.807) is 31.4 Å². The van der Waals surface area contributed by atoms with Crippen molar-refractivity contribution in [2.75, 3.05) is 12.4 Å². The van der Waals surface area contributed by atoms with Gasteiger partial charge in [-0.15, -0.1) is 0 Å². The molecule has 0 spiro atoms. The highest BCUT2D eigenvalue weighted by Crippen LogP contribution is 2.32. The lowest BCUT2D eigenvalue weighted by atomic mass is 10.2. The van der Waals surface area contributed by atoms with Crippen LogP contribution in [0.15, 0.2) is 81.6 Å². The molecular weight excluding hydrogens is 426 g/mol. The van der Waals surface area contributed by atoms with Gasteiger partial charge in [-0.3, -0.25) is 10.1 Å². The van der Waals surface area contributed by atoms with Crippen LogP contribution in [0.5, 0.6) is 5.75 Å². The molecule has 5 aromatic rings. The van der Waals surface area contributed by atoms with E-state index in [0.717, 1.165) is 16.5 Å². The van der Waals surface area contributed by atoms with Gasteiger partial charge >= 0.3 is 0 Å². The number of hydrogen-bond acceptors (Lipinski definition) is 6. The second-order valence-corrected chi connectivity index (χ2v) is 7.37. The molecule has 2 aromatic heterocycles. The van der Waals surface area contributed by atoms with Crippen LogP contribution in [0, 0.1) is 0 Å². The van der Waals surface area contributed by atoms with Crippen LogP contribution in [-0.4, -0.2) is 23.1 Å². The van der Waals surface area contributed by atoms with Crippen LogP contribution in [0.4, 0.5) is 5.69 Å². The van der Waals surface area contributed by atoms with Crippen molar-refractivity contribution in [3.63, 3.8) is 0 Å². The zero-order valence-electron chi connectivity index (χ0n) is 16.9. The molecule has 1 amide bonds. The Labute approximate surface area is 188 Å². The van der Waals surface area contributed by atoms with Crippen molar-refractivity contribution in [2.24, 2.45) is 0 Å². The predicted octanol–water partition coefficient (Wildman–Crippen LogP) is 5.38. The number of nitrogens with zero attached hydrogens (tertiary/aromatic N) is 1. The first kappa shape index (κ1) is 19.8. The van der Waals surface area contributed by atoms with Crippen molar-refractivity contribution in [2.45, 2.75) is 0 Å². The van der Waals surface area contributed by atoms with Crippen LogP contribution in [-0.2, 0) is 0 Å². The minimum Gasteiger partial charge on any atom is -0.495 e. The number of oxazole rings is 1. The van der Waals surface area contributed by atoms with Gasteiger partial charge in [0.05, 0.1) is 12.8 Å². The summed E-state index contributed by atoms with van der Waals surface area (Å²) < 4.78 is 16.9. The van der Waals surface area contributed by atoms with E-state index in [9.17, 15) is 4.79 Å². The van der Waals surface area contributed by atoms with Gasteiger partial charge in [0.15, 0.2) is 16.5 Å². The molecule has 0 aliphatic carbocycles. The number of hydrogen-bond donors (Lipinski definition) is 2. The quantitative estimate of drug-likeness (QED) is 0.361. The fourth-order valence-electron chi connectivity index (χ4n) is 3.35. The van der Waals surface area contributed by atoms with Crippen LogP contribution < -0.4 is 15.4 Å². The van der Waals surface area contributed by atoms with Gasteiger partial charge in [-0.25, -0.2) is 4.98 Å². The number of amides is 1. The van der Waals surface area contributed by atoms with Gasteiger partial charge < -0.3 is 18.9 Å². The number of fused-ring (bicyclic) bond motifs is 2. The Morgan fingerprint density at radius 1 is 0.969 bits per heavy atom. The molecule has 0 radical (unpaired) electrons. The summed E-state index contributed by atoms with van der Waals surface area (Å²) in [5.41, 5.74) is 3.38. The lowest BCUT2D eigenvalue weighted by molar-refractivity contribution is 0.0953. The summed E-state index contributed by atoms with van der Waals surface area (Å²) in [7, 11) is 1.55. The lowest BCUT2D eigenvalue weighted by Crippen LogP contribution is -2.34. The number of methoxy groups -OCH3 is 1. The minimum absolute atomic E-state index is 0.100. The summed E-state index contributed by atoms with van der Waals surface area (Å²) in [6, 6.07) is 22.0. The van der Waals surface area contributed by atoms with E-state index in [4.69, 9.17) is 25.8 Å². The molecule has 0 saturated carbocycles. The lowest BCUT2D eigenvalue weighted by Gasteiger charge is -2.13. The molecule has 2 heterocycles. The predicted molar refractivity (Wildman–Crippen MR) is 126 cm³/mol. The number of thiocarbonyl (C=S) groups is 1. The maximum atomic E-state index is 12.6. The van der Waals surface area contributed by atoms with Crippen molar-refractivity contribution < 1.29 is 18.4 Å². The number of rotatable bonds is 4. The molecule has 0 unspecified atom stereocenters. The van der Waals surface area contributed by atoms with Crippen LogP contribution in [0.25, 0.3) is 33.5 Å². The van der Waals surface area contributed by atoms with Crippen molar-refractivity contribution in [3.8, 4) is 17.2 Å². The molecular formula is C24H17N3O4S. The molecule has 0 saturated heterocycles. The van der Waals surface area contributed by atoms with E-state index in [1.165, 1.54) is 0 Å². The maximum Gasteiger partial charge on any atom is 0.293 e. The second-order valence-electron chi connectivity index (χ2n) is 6.96. The fraction of sp³-hybridized carbons (Fsp3) is 0.0417. The Morgan fingerprint density at radius 3 is 2.53 bits per heavy atom. The summed E-state index contributed by atoms with van der Waals surface area (Å²) in [6.45, 7) is 0. The largest absolute Gasteiger partial charge is 0.495 e. The van der Waals surface area contributed by atoms with Crippen LogP contribution in [0.3, 0.4) is 0 Å². The summed E-state index contributed by atoms with van der Waals surface area (Å²) in [5, 5.41) is 6.57. The second kappa shape index (κ2) is 8.16. The zero-order chi connectivity index (χ0) is 22.1. The fourth-order valence-corrected chi connectivity index (χ4v) is 3.55. The van der Waals surface area contributed by atoms with Gasteiger partial charge in [-0.05, 0) is 54.7 Å². The molecule has 3 aromatic carbocycles. The number of aromatic nitrogens is 1. The molecule has 0 aliphatic heterocycles. The highest BCUT2D eigenvalue weighted by atomic mass is 32.1. The van der Waals surface area contributed by atoms with Crippen LogP contribution >= 0.6 is 12.2 Å². The normalized spacial score (nSPS) is 10.9. The summed E-state index contributed by atoms with van der Waals surface area (Å²) in [6.07, 6.45) is 0. The molecule has 5 rings (SSSR count). The average molecular weight is 443 g/mol. The van der Waals surface area contributed by atoms with E-state index < -0.39 is 5.91 Å². The first-order chi connectivity index (χ1) is 15.6. The third kappa shape index (κ3) is 3.79. The minimum atomic E-state index is -0.451. The highest BCUT2D eigenvalue weighted by Gasteiger charge is 2.16. The Bertz CT molecular complexity index is 1400. The van der Waals surface area contributed by atoms with Crippen molar-refractivity contribution in [1.29, 1.82) is 0 Å². The molecule has 0 fully saturated rings. The monoisotopic (exact) mass is 443 g/mol. The number of benzene rings is 3. The third-order valence-corrected chi connectivity index (χ3v) is 5.07. The molecule has 8 heteroatoms. The smallest absolute Gasteiger partial charge is 0.293 e. The number of para-hydroxylation sites is 3. The SMILES string of the molecule is COc1ccc(-c2nc3ccccc3o2)cc1NC(=S)NC(=O)c1cc2ccccc2o1. The summed E-state index contributed by atoms with van der Waals surface area (Å²) in [5.74, 6) is 0.731. The number of ether oxygens (including phenoxy) is 1. The van der Waals surface area contributed by atoms with Gasteiger partial charge in [0, 0.05) is 10.9 Å². The van der Waals surface area contributed by atoms with E-state index in [0.29, 0.717) is 28.5 Å². The standard InChI is InChI=1S/C24H17N3O4S/c1-29-19-11-10-15(23-25-16-7-3-5-9-20(16)31-23)12-17(19)26-24(32)27-22(28)21-13-14-6-2-4-8-18(14)30-21/h2-13H,1H3,(H2,26,27,28,32). The number of carbonyl (C=O) groups is 1. The molecule has 0 bridgehead atoms. The number of furan rings is 1. The van der Waals surface area contributed by atoms with Crippen molar-refractivity contribution in [3.05, 3.63) is 78.6 Å². The highest BCUT2D eigenvalue weighted by molar-refractivity contribution is 7.80. The van der Waals surface area contributed by atoms with Crippen LogP contribution in [0.1, 0.15) is 10.6 Å². The molecule has 158 valence electrons. The van der Waals surface area contributed by atoms with Crippen molar-refractivity contribution >= 4 is 51.0 Å². The summed E-state index contributed by atoms with van der Waals surface area (Å²) >= 11 is 5.33. The average Bonchev–Trinajstić information content (AvgIpc) is 3.43. The van der Waals surface area contributed by atoms with Gasteiger partial charge in [0.25, 0.3) is 5.91 Å². The Balaban J connectivity index is 1.37. The van der Waals surface area contributed by atoms with Crippen LogP contribution in [0.2, 0.25) is 0 Å². The Kier molecular flexibility index (Phi) is 5.04.